The highest BCUT2D eigenvalue weighted by Crippen LogP contribution is 2.27. The van der Waals surface area contributed by atoms with Gasteiger partial charge in [-0.1, -0.05) is 12.1 Å². The summed E-state index contributed by atoms with van der Waals surface area (Å²) >= 11 is 1.63. The monoisotopic (exact) mass is 253 g/mol. The lowest BCUT2D eigenvalue weighted by Crippen LogP contribution is -1.92. The lowest BCUT2D eigenvalue weighted by molar-refractivity contribution is 1.49. The Labute approximate surface area is 108 Å². The molecular weight excluding hydrogens is 242 g/mol. The van der Waals surface area contributed by atoms with Crippen LogP contribution in [0, 0.1) is 5.41 Å². The van der Waals surface area contributed by atoms with E-state index < -0.39 is 0 Å². The van der Waals surface area contributed by atoms with Crippen LogP contribution in [0.1, 0.15) is 5.56 Å². The van der Waals surface area contributed by atoms with Crippen molar-refractivity contribution in [1.29, 1.82) is 5.41 Å². The van der Waals surface area contributed by atoms with E-state index in [0.717, 1.165) is 22.2 Å². The molecule has 0 bridgehead atoms. The van der Waals surface area contributed by atoms with Gasteiger partial charge in [-0.25, -0.2) is 4.98 Å². The van der Waals surface area contributed by atoms with Gasteiger partial charge >= 0.3 is 0 Å². The maximum atomic E-state index is 7.33. The number of nitrogens with zero attached hydrogens (tertiary/aromatic N) is 1. The predicted octanol–water partition coefficient (Wildman–Crippen LogP) is 3.54. The maximum Gasteiger partial charge on any atom is 0.0818 e. The number of nitrogens with one attached hydrogen (secondary N) is 1. The number of rotatable bonds is 2. The van der Waals surface area contributed by atoms with E-state index in [2.05, 4.69) is 23.2 Å². The van der Waals surface area contributed by atoms with Crippen molar-refractivity contribution >= 4 is 33.5 Å². The summed E-state index contributed by atoms with van der Waals surface area (Å²) in [6, 6.07) is 11.9. The Bertz CT molecular complexity index is 731. The molecule has 0 saturated heterocycles. The van der Waals surface area contributed by atoms with Gasteiger partial charge in [0.05, 0.1) is 15.7 Å². The van der Waals surface area contributed by atoms with Gasteiger partial charge in [0.2, 0.25) is 0 Å². The molecule has 0 fully saturated rings. The molecule has 1 heterocycles. The second-order valence-corrected chi connectivity index (χ2v) is 4.91. The van der Waals surface area contributed by atoms with E-state index in [1.165, 1.54) is 10.9 Å². The van der Waals surface area contributed by atoms with Gasteiger partial charge in [0.15, 0.2) is 0 Å². The zero-order chi connectivity index (χ0) is 12.5. The average Bonchev–Trinajstić information content (AvgIpc) is 2.86. The van der Waals surface area contributed by atoms with E-state index >= 15 is 0 Å². The van der Waals surface area contributed by atoms with Gasteiger partial charge in [-0.2, -0.15) is 0 Å². The molecule has 3 nitrogen and oxygen atoms in total. The first kappa shape index (κ1) is 10.9. The Balaban J connectivity index is 2.15. The number of anilines is 1. The fourth-order valence-electron chi connectivity index (χ4n) is 1.92. The van der Waals surface area contributed by atoms with Gasteiger partial charge < -0.3 is 11.1 Å². The van der Waals surface area contributed by atoms with Crippen molar-refractivity contribution in [3.63, 3.8) is 0 Å². The lowest BCUT2D eigenvalue weighted by atomic mass is 10.0. The first-order valence-corrected chi connectivity index (χ1v) is 6.39. The van der Waals surface area contributed by atoms with Crippen LogP contribution in [0.4, 0.5) is 5.69 Å². The van der Waals surface area contributed by atoms with Crippen molar-refractivity contribution in [3.05, 3.63) is 47.5 Å². The third-order valence-corrected chi connectivity index (χ3v) is 3.72. The van der Waals surface area contributed by atoms with Crippen molar-refractivity contribution in [3.8, 4) is 11.1 Å². The van der Waals surface area contributed by atoms with Crippen LogP contribution in [0.15, 0.2) is 41.9 Å². The number of nitrogens with two attached hydrogens (primary N) is 1. The third-order valence-electron chi connectivity index (χ3n) is 2.91. The highest BCUT2D eigenvalue weighted by Gasteiger charge is 2.04. The van der Waals surface area contributed by atoms with Gasteiger partial charge in [-0.15, -0.1) is 11.3 Å². The second kappa shape index (κ2) is 4.23. The molecule has 0 spiro atoms. The average molecular weight is 253 g/mol. The fourth-order valence-corrected chi connectivity index (χ4v) is 2.58. The Hall–Kier alpha value is -2.20. The van der Waals surface area contributed by atoms with Crippen LogP contribution in [-0.4, -0.2) is 11.2 Å². The van der Waals surface area contributed by atoms with Crippen LogP contribution < -0.4 is 5.73 Å². The van der Waals surface area contributed by atoms with Crippen molar-refractivity contribution in [2.45, 2.75) is 0 Å². The van der Waals surface area contributed by atoms with E-state index in [1.54, 1.807) is 11.3 Å². The molecule has 1 aromatic heterocycles. The van der Waals surface area contributed by atoms with E-state index in [0.29, 0.717) is 5.69 Å². The zero-order valence-corrected chi connectivity index (χ0v) is 10.4. The highest BCUT2D eigenvalue weighted by atomic mass is 32.1. The quantitative estimate of drug-likeness (QED) is 0.542. The van der Waals surface area contributed by atoms with Crippen LogP contribution in [0.3, 0.4) is 0 Å². The summed E-state index contributed by atoms with van der Waals surface area (Å²) in [6.45, 7) is 0. The van der Waals surface area contributed by atoms with E-state index in [9.17, 15) is 0 Å². The largest absolute Gasteiger partial charge is 0.398 e. The summed E-state index contributed by atoms with van der Waals surface area (Å²) in [6.07, 6.45) is 1.28. The summed E-state index contributed by atoms with van der Waals surface area (Å²) in [5.74, 6) is 0. The van der Waals surface area contributed by atoms with Crippen LogP contribution in [0.25, 0.3) is 21.3 Å². The van der Waals surface area contributed by atoms with Crippen molar-refractivity contribution in [1.82, 2.24) is 4.98 Å². The van der Waals surface area contributed by atoms with Gasteiger partial charge in [0, 0.05) is 17.5 Å². The Morgan fingerprint density at radius 1 is 1.11 bits per heavy atom. The number of benzene rings is 2. The normalized spacial score (nSPS) is 10.7. The molecule has 0 aliphatic carbocycles. The molecule has 3 aromatic rings. The maximum absolute atomic E-state index is 7.33. The summed E-state index contributed by atoms with van der Waals surface area (Å²) in [5, 5.41) is 7.33. The van der Waals surface area contributed by atoms with Gasteiger partial charge in [0.1, 0.15) is 0 Å². The molecule has 0 unspecified atom stereocenters. The Kier molecular flexibility index (Phi) is 2.57. The van der Waals surface area contributed by atoms with Crippen molar-refractivity contribution in [2.75, 3.05) is 5.73 Å². The molecule has 0 amide bonds. The van der Waals surface area contributed by atoms with Crippen LogP contribution in [-0.2, 0) is 0 Å². The molecule has 0 atom stereocenters. The summed E-state index contributed by atoms with van der Waals surface area (Å²) < 4.78 is 1.18. The first-order valence-electron chi connectivity index (χ1n) is 5.51. The number of fused-ring (bicyclic) bond motifs is 1. The molecular formula is C14H11N3S. The minimum Gasteiger partial charge on any atom is -0.398 e. The van der Waals surface area contributed by atoms with Crippen molar-refractivity contribution in [2.24, 2.45) is 0 Å². The molecule has 0 aliphatic rings. The number of thiazole rings is 1. The zero-order valence-electron chi connectivity index (χ0n) is 9.55. The molecule has 0 saturated carbocycles. The smallest absolute Gasteiger partial charge is 0.0818 e. The topological polar surface area (TPSA) is 62.8 Å². The molecule has 3 rings (SSSR count). The molecule has 0 radical (unpaired) electrons. The van der Waals surface area contributed by atoms with Crippen LogP contribution in [0.5, 0.6) is 0 Å². The van der Waals surface area contributed by atoms with Crippen LogP contribution >= 0.6 is 11.3 Å². The van der Waals surface area contributed by atoms with E-state index in [-0.39, 0.29) is 0 Å². The van der Waals surface area contributed by atoms with Gasteiger partial charge in [-0.05, 0) is 35.4 Å². The van der Waals surface area contributed by atoms with E-state index in [1.807, 2.05) is 23.7 Å². The summed E-state index contributed by atoms with van der Waals surface area (Å²) in [4.78, 5) is 4.31. The number of hydrogen-bond acceptors (Lipinski definition) is 4. The molecule has 88 valence electrons. The van der Waals surface area contributed by atoms with E-state index in [4.69, 9.17) is 11.1 Å². The Morgan fingerprint density at radius 3 is 2.72 bits per heavy atom. The fraction of sp³-hybridized carbons (Fsp3) is 0. The first-order chi connectivity index (χ1) is 8.78. The number of hydrogen-bond donors (Lipinski definition) is 2. The molecule has 18 heavy (non-hydrogen) atoms. The minimum atomic E-state index is 0.628. The van der Waals surface area contributed by atoms with Gasteiger partial charge in [-0.3, -0.25) is 0 Å². The summed E-state index contributed by atoms with van der Waals surface area (Å²) in [7, 11) is 0. The number of nitrogen functional groups attached to an aromatic ring is 1. The molecule has 4 heteroatoms. The predicted molar refractivity (Wildman–Crippen MR) is 77.4 cm³/mol. The highest BCUT2D eigenvalue weighted by molar-refractivity contribution is 7.16. The minimum absolute atomic E-state index is 0.628. The molecule has 2 aromatic carbocycles. The number of aromatic nitrogens is 1. The standard InChI is InChI=1S/C14H11N3S/c15-7-11-5-9(1-3-12(11)16)10-2-4-14-13(6-10)17-8-18-14/h1-8,15H,16H2. The lowest BCUT2D eigenvalue weighted by Gasteiger charge is -2.05. The SMILES string of the molecule is N=Cc1cc(-c2ccc3scnc3c2)ccc1N. The Morgan fingerprint density at radius 2 is 1.89 bits per heavy atom. The van der Waals surface area contributed by atoms with Crippen LogP contribution in [0.2, 0.25) is 0 Å². The summed E-state index contributed by atoms with van der Waals surface area (Å²) in [5.41, 5.74) is 12.2. The molecule has 0 aliphatic heterocycles. The second-order valence-electron chi connectivity index (χ2n) is 4.02. The van der Waals surface area contributed by atoms with Gasteiger partial charge in [0.25, 0.3) is 0 Å². The molecule has 3 N–H and O–H groups in total. The van der Waals surface area contributed by atoms with Crippen molar-refractivity contribution < 1.29 is 0 Å². The third kappa shape index (κ3) is 1.76.